The van der Waals surface area contributed by atoms with Crippen LogP contribution in [0.5, 0.6) is 0 Å². The van der Waals surface area contributed by atoms with Crippen molar-refractivity contribution in [2.45, 2.75) is 44.6 Å². The summed E-state index contributed by atoms with van der Waals surface area (Å²) in [6.07, 6.45) is 3.91. The van der Waals surface area contributed by atoms with Crippen molar-refractivity contribution < 1.29 is 15.0 Å². The van der Waals surface area contributed by atoms with Crippen molar-refractivity contribution in [1.29, 1.82) is 0 Å². The standard InChI is InChI=1S/C10H17BrO3/c11-7-2-1-5-10(9(13)14)6-3-4-8(10)12/h8,12H,1-7H2,(H,13,14). The number of carbonyl (C=O) groups is 1. The van der Waals surface area contributed by atoms with Crippen LogP contribution in [-0.4, -0.2) is 27.6 Å². The maximum Gasteiger partial charge on any atom is 0.312 e. The molecule has 2 unspecified atom stereocenters. The van der Waals surface area contributed by atoms with Gasteiger partial charge in [-0.2, -0.15) is 0 Å². The van der Waals surface area contributed by atoms with Gasteiger partial charge in [-0.3, -0.25) is 4.79 Å². The molecule has 1 rings (SSSR count). The van der Waals surface area contributed by atoms with Gasteiger partial charge >= 0.3 is 5.97 Å². The van der Waals surface area contributed by atoms with Crippen LogP contribution in [0.15, 0.2) is 0 Å². The Hall–Kier alpha value is -0.0900. The zero-order valence-electron chi connectivity index (χ0n) is 8.21. The molecule has 1 aliphatic carbocycles. The number of halogens is 1. The lowest BCUT2D eigenvalue weighted by Gasteiger charge is -2.27. The van der Waals surface area contributed by atoms with Crippen LogP contribution in [-0.2, 0) is 4.79 Å². The Kier molecular flexibility index (Phi) is 4.38. The topological polar surface area (TPSA) is 57.5 Å². The quantitative estimate of drug-likeness (QED) is 0.591. The number of aliphatic hydroxyl groups is 1. The van der Waals surface area contributed by atoms with E-state index in [0.717, 1.165) is 24.6 Å². The van der Waals surface area contributed by atoms with Crippen molar-refractivity contribution >= 4 is 21.9 Å². The van der Waals surface area contributed by atoms with Gasteiger partial charge in [0.1, 0.15) is 0 Å². The van der Waals surface area contributed by atoms with Crippen LogP contribution in [0.25, 0.3) is 0 Å². The first-order valence-corrected chi connectivity index (χ1v) is 6.23. The van der Waals surface area contributed by atoms with E-state index in [2.05, 4.69) is 15.9 Å². The summed E-state index contributed by atoms with van der Waals surface area (Å²) in [6.45, 7) is 0. The van der Waals surface area contributed by atoms with Crippen LogP contribution in [0.4, 0.5) is 0 Å². The molecule has 3 nitrogen and oxygen atoms in total. The predicted octanol–water partition coefficient (Wildman–Crippen LogP) is 2.17. The van der Waals surface area contributed by atoms with E-state index in [1.807, 2.05) is 0 Å². The lowest BCUT2D eigenvalue weighted by Crippen LogP contribution is -2.38. The summed E-state index contributed by atoms with van der Waals surface area (Å²) in [5.74, 6) is -0.822. The monoisotopic (exact) mass is 264 g/mol. The second-order valence-corrected chi connectivity index (χ2v) is 4.81. The van der Waals surface area contributed by atoms with Gasteiger partial charge in [0.25, 0.3) is 0 Å². The average Bonchev–Trinajstić information content (AvgIpc) is 2.49. The van der Waals surface area contributed by atoms with Gasteiger partial charge in [0.2, 0.25) is 0 Å². The van der Waals surface area contributed by atoms with E-state index in [9.17, 15) is 9.90 Å². The van der Waals surface area contributed by atoms with Gasteiger partial charge in [0, 0.05) is 5.33 Å². The summed E-state index contributed by atoms with van der Waals surface area (Å²) in [7, 11) is 0. The maximum absolute atomic E-state index is 11.2. The Balaban J connectivity index is 2.58. The van der Waals surface area contributed by atoms with Crippen LogP contribution in [0.3, 0.4) is 0 Å². The highest BCUT2D eigenvalue weighted by Crippen LogP contribution is 2.42. The Morgan fingerprint density at radius 3 is 2.64 bits per heavy atom. The summed E-state index contributed by atoms with van der Waals surface area (Å²) >= 11 is 3.32. The average molecular weight is 265 g/mol. The minimum atomic E-state index is -0.845. The number of carboxylic acid groups (broad SMARTS) is 1. The number of hydrogen-bond donors (Lipinski definition) is 2. The molecule has 0 spiro atoms. The molecule has 0 amide bonds. The third-order valence-electron chi connectivity index (χ3n) is 3.17. The largest absolute Gasteiger partial charge is 0.481 e. The lowest BCUT2D eigenvalue weighted by atomic mass is 9.79. The SMILES string of the molecule is O=C(O)C1(CCCCBr)CCCC1O. The third-order valence-corrected chi connectivity index (χ3v) is 3.73. The molecular formula is C10H17BrO3. The Bertz CT molecular complexity index is 208. The van der Waals surface area contributed by atoms with Crippen molar-refractivity contribution in [1.82, 2.24) is 0 Å². The fourth-order valence-corrected chi connectivity index (χ4v) is 2.63. The molecule has 0 aromatic rings. The van der Waals surface area contributed by atoms with E-state index in [1.54, 1.807) is 0 Å². The predicted molar refractivity (Wildman–Crippen MR) is 57.6 cm³/mol. The van der Waals surface area contributed by atoms with E-state index in [4.69, 9.17) is 5.11 Å². The zero-order valence-corrected chi connectivity index (χ0v) is 9.79. The second kappa shape index (κ2) is 5.12. The van der Waals surface area contributed by atoms with Crippen molar-refractivity contribution in [2.75, 3.05) is 5.33 Å². The summed E-state index contributed by atoms with van der Waals surface area (Å²) < 4.78 is 0. The number of rotatable bonds is 5. The van der Waals surface area contributed by atoms with Gasteiger partial charge < -0.3 is 10.2 Å². The molecule has 0 aromatic heterocycles. The van der Waals surface area contributed by atoms with Crippen LogP contribution in [0.2, 0.25) is 0 Å². The molecule has 1 aliphatic rings. The van der Waals surface area contributed by atoms with Crippen molar-refractivity contribution in [3.05, 3.63) is 0 Å². The summed E-state index contributed by atoms with van der Waals surface area (Å²) in [5.41, 5.74) is -0.845. The summed E-state index contributed by atoms with van der Waals surface area (Å²) in [4.78, 5) is 11.2. The highest BCUT2D eigenvalue weighted by atomic mass is 79.9. The van der Waals surface area contributed by atoms with Crippen molar-refractivity contribution in [3.63, 3.8) is 0 Å². The fraction of sp³-hybridized carbons (Fsp3) is 0.900. The Morgan fingerprint density at radius 2 is 2.21 bits per heavy atom. The van der Waals surface area contributed by atoms with Crippen LogP contribution in [0, 0.1) is 5.41 Å². The van der Waals surface area contributed by atoms with Gasteiger partial charge in [0.05, 0.1) is 11.5 Å². The highest BCUT2D eigenvalue weighted by Gasteiger charge is 2.47. The molecule has 2 N–H and O–H groups in total. The lowest BCUT2D eigenvalue weighted by molar-refractivity contribution is -0.155. The molecule has 0 heterocycles. The third kappa shape index (κ3) is 2.28. The first kappa shape index (κ1) is 12.0. The van der Waals surface area contributed by atoms with E-state index >= 15 is 0 Å². The number of aliphatic carboxylic acids is 1. The molecule has 0 aromatic carbocycles. The van der Waals surface area contributed by atoms with E-state index < -0.39 is 17.5 Å². The van der Waals surface area contributed by atoms with Crippen LogP contribution < -0.4 is 0 Å². The molecular weight excluding hydrogens is 248 g/mol. The first-order chi connectivity index (χ1) is 6.63. The van der Waals surface area contributed by atoms with E-state index in [1.165, 1.54) is 0 Å². The van der Waals surface area contributed by atoms with E-state index in [-0.39, 0.29) is 0 Å². The molecule has 4 heteroatoms. The van der Waals surface area contributed by atoms with Crippen LogP contribution in [0.1, 0.15) is 38.5 Å². The molecule has 14 heavy (non-hydrogen) atoms. The number of alkyl halides is 1. The highest BCUT2D eigenvalue weighted by molar-refractivity contribution is 9.09. The minimum Gasteiger partial charge on any atom is -0.481 e. The molecule has 0 aliphatic heterocycles. The molecule has 0 radical (unpaired) electrons. The number of hydrogen-bond acceptors (Lipinski definition) is 2. The minimum absolute atomic E-state index is 0.606. The Morgan fingerprint density at radius 1 is 1.50 bits per heavy atom. The number of unbranched alkanes of at least 4 members (excludes halogenated alkanes) is 1. The molecule has 0 saturated heterocycles. The number of aliphatic hydroxyl groups excluding tert-OH is 1. The molecule has 2 atom stereocenters. The zero-order chi connectivity index (χ0) is 10.6. The maximum atomic E-state index is 11.2. The summed E-state index contributed by atoms with van der Waals surface area (Å²) in [5, 5.41) is 19.8. The smallest absolute Gasteiger partial charge is 0.312 e. The normalized spacial score (nSPS) is 32.0. The van der Waals surface area contributed by atoms with Gasteiger partial charge in [0.15, 0.2) is 0 Å². The number of carboxylic acids is 1. The first-order valence-electron chi connectivity index (χ1n) is 5.11. The van der Waals surface area contributed by atoms with Gasteiger partial charge in [-0.25, -0.2) is 0 Å². The molecule has 1 saturated carbocycles. The fourth-order valence-electron chi connectivity index (χ4n) is 2.24. The molecule has 1 fully saturated rings. The van der Waals surface area contributed by atoms with Crippen molar-refractivity contribution in [2.24, 2.45) is 5.41 Å². The van der Waals surface area contributed by atoms with Gasteiger partial charge in [-0.1, -0.05) is 22.4 Å². The van der Waals surface area contributed by atoms with Gasteiger partial charge in [-0.05, 0) is 32.1 Å². The molecule has 82 valence electrons. The summed E-state index contributed by atoms with van der Waals surface area (Å²) in [6, 6.07) is 0. The second-order valence-electron chi connectivity index (χ2n) is 4.02. The van der Waals surface area contributed by atoms with Crippen molar-refractivity contribution in [3.8, 4) is 0 Å². The molecule has 0 bridgehead atoms. The van der Waals surface area contributed by atoms with E-state index in [0.29, 0.717) is 19.3 Å². The Labute approximate surface area is 92.6 Å². The van der Waals surface area contributed by atoms with Crippen LogP contribution >= 0.6 is 15.9 Å². The van der Waals surface area contributed by atoms with Gasteiger partial charge in [-0.15, -0.1) is 0 Å².